The minimum Gasteiger partial charge on any atom is -0.478 e. The molecule has 0 spiro atoms. The first kappa shape index (κ1) is 14.9. The van der Waals surface area contributed by atoms with Crippen LogP contribution in [0.15, 0.2) is 42.5 Å². The maximum Gasteiger partial charge on any atom is 0.335 e. The molecule has 0 aliphatic rings. The third kappa shape index (κ3) is 3.53. The number of nitriles is 1. The molecule has 0 aliphatic heterocycles. The van der Waals surface area contributed by atoms with Gasteiger partial charge in [-0.05, 0) is 35.9 Å². The number of carbonyl (C=O) groups is 1. The summed E-state index contributed by atoms with van der Waals surface area (Å²) < 4.78 is 0. The minimum absolute atomic E-state index is 0.262. The second-order valence-electron chi connectivity index (χ2n) is 4.64. The van der Waals surface area contributed by atoms with Gasteiger partial charge in [-0.25, -0.2) is 4.79 Å². The molecule has 0 atom stereocenters. The van der Waals surface area contributed by atoms with Crippen molar-refractivity contribution in [3.8, 4) is 6.07 Å². The molecular weight excluding hydrogens is 288 g/mol. The second kappa shape index (κ2) is 6.29. The number of carboxylic acid groups (broad SMARTS) is 1. The number of anilines is 1. The lowest BCUT2D eigenvalue weighted by atomic mass is 10.1. The van der Waals surface area contributed by atoms with E-state index in [1.165, 1.54) is 0 Å². The summed E-state index contributed by atoms with van der Waals surface area (Å²) in [4.78, 5) is 12.8. The van der Waals surface area contributed by atoms with Crippen LogP contribution in [0.5, 0.6) is 0 Å². The molecule has 2 aromatic carbocycles. The largest absolute Gasteiger partial charge is 0.478 e. The molecule has 0 amide bonds. The average Bonchev–Trinajstić information content (AvgIpc) is 2.47. The third-order valence-electron chi connectivity index (χ3n) is 3.11. The van der Waals surface area contributed by atoms with Crippen LogP contribution in [0.2, 0.25) is 5.02 Å². The van der Waals surface area contributed by atoms with Gasteiger partial charge < -0.3 is 10.0 Å². The zero-order chi connectivity index (χ0) is 15.4. The van der Waals surface area contributed by atoms with Crippen LogP contribution in [0.1, 0.15) is 21.5 Å². The summed E-state index contributed by atoms with van der Waals surface area (Å²) in [5.41, 5.74) is 2.57. The molecule has 0 bridgehead atoms. The van der Waals surface area contributed by atoms with Crippen molar-refractivity contribution in [1.82, 2.24) is 0 Å². The van der Waals surface area contributed by atoms with Crippen LogP contribution in [0, 0.1) is 11.3 Å². The van der Waals surface area contributed by atoms with E-state index in [0.29, 0.717) is 17.1 Å². The van der Waals surface area contributed by atoms with Crippen LogP contribution < -0.4 is 4.90 Å². The van der Waals surface area contributed by atoms with Gasteiger partial charge in [-0.3, -0.25) is 0 Å². The number of benzene rings is 2. The van der Waals surface area contributed by atoms with Gasteiger partial charge in [0.15, 0.2) is 0 Å². The summed E-state index contributed by atoms with van der Waals surface area (Å²) in [7, 11) is 1.89. The summed E-state index contributed by atoms with van der Waals surface area (Å²) in [6, 6.07) is 13.9. The van der Waals surface area contributed by atoms with Crippen LogP contribution in [0.4, 0.5) is 5.69 Å². The molecule has 0 heterocycles. The molecule has 0 aliphatic carbocycles. The number of aromatic carboxylic acids is 1. The van der Waals surface area contributed by atoms with Crippen molar-refractivity contribution in [3.05, 3.63) is 64.2 Å². The van der Waals surface area contributed by atoms with Crippen molar-refractivity contribution < 1.29 is 9.90 Å². The van der Waals surface area contributed by atoms with Gasteiger partial charge in [-0.15, -0.1) is 0 Å². The molecule has 0 unspecified atom stereocenters. The van der Waals surface area contributed by atoms with Crippen molar-refractivity contribution in [2.24, 2.45) is 0 Å². The van der Waals surface area contributed by atoms with E-state index in [4.69, 9.17) is 22.0 Å². The quantitative estimate of drug-likeness (QED) is 0.938. The normalized spacial score (nSPS) is 9.95. The molecule has 1 N–H and O–H groups in total. The average molecular weight is 301 g/mol. The maximum atomic E-state index is 10.8. The molecule has 2 rings (SSSR count). The smallest absolute Gasteiger partial charge is 0.335 e. The number of hydrogen-bond donors (Lipinski definition) is 1. The molecule has 0 saturated carbocycles. The Morgan fingerprint density at radius 3 is 2.48 bits per heavy atom. The van der Waals surface area contributed by atoms with Gasteiger partial charge >= 0.3 is 5.97 Å². The molecule has 0 aromatic heterocycles. The summed E-state index contributed by atoms with van der Waals surface area (Å²) >= 11 is 6.17. The molecule has 21 heavy (non-hydrogen) atoms. The van der Waals surface area contributed by atoms with Crippen molar-refractivity contribution in [2.45, 2.75) is 6.54 Å². The molecule has 106 valence electrons. The predicted molar refractivity (Wildman–Crippen MR) is 81.7 cm³/mol. The number of carboxylic acids is 1. The van der Waals surface area contributed by atoms with Crippen molar-refractivity contribution >= 4 is 23.3 Å². The predicted octanol–water partition coefficient (Wildman–Crippen LogP) is 3.55. The lowest BCUT2D eigenvalue weighted by Gasteiger charge is -2.21. The summed E-state index contributed by atoms with van der Waals surface area (Å²) in [6.45, 7) is 0.589. The molecular formula is C16H13ClN2O2. The first-order valence-corrected chi connectivity index (χ1v) is 6.62. The molecule has 2 aromatic rings. The fourth-order valence-electron chi connectivity index (χ4n) is 2.00. The SMILES string of the molecule is CN(Cc1ccc(C(=O)O)cc1)c1ccc(C#N)cc1Cl. The zero-order valence-corrected chi connectivity index (χ0v) is 12.1. The van der Waals surface area contributed by atoms with Gasteiger partial charge in [0.2, 0.25) is 0 Å². The van der Waals surface area contributed by atoms with Crippen LogP contribution in [0.3, 0.4) is 0 Å². The van der Waals surface area contributed by atoms with E-state index < -0.39 is 5.97 Å². The van der Waals surface area contributed by atoms with Gasteiger partial charge in [-0.1, -0.05) is 23.7 Å². The van der Waals surface area contributed by atoms with Gasteiger partial charge in [0.25, 0.3) is 0 Å². The maximum absolute atomic E-state index is 10.8. The highest BCUT2D eigenvalue weighted by molar-refractivity contribution is 6.33. The first-order chi connectivity index (χ1) is 10.0. The van der Waals surface area contributed by atoms with E-state index in [1.54, 1.807) is 42.5 Å². The zero-order valence-electron chi connectivity index (χ0n) is 11.4. The Morgan fingerprint density at radius 2 is 1.95 bits per heavy atom. The lowest BCUT2D eigenvalue weighted by Crippen LogP contribution is -2.16. The number of halogens is 1. The summed E-state index contributed by atoms with van der Waals surface area (Å²) in [5.74, 6) is -0.940. The van der Waals surface area contributed by atoms with Crippen molar-refractivity contribution in [2.75, 3.05) is 11.9 Å². The highest BCUT2D eigenvalue weighted by Gasteiger charge is 2.08. The van der Waals surface area contributed by atoms with Crippen LogP contribution in [0.25, 0.3) is 0 Å². The topological polar surface area (TPSA) is 64.3 Å². The Balaban J connectivity index is 2.16. The summed E-state index contributed by atoms with van der Waals surface area (Å²) in [5, 5.41) is 18.2. The molecule has 0 saturated heterocycles. The lowest BCUT2D eigenvalue weighted by molar-refractivity contribution is 0.0697. The highest BCUT2D eigenvalue weighted by Crippen LogP contribution is 2.27. The summed E-state index contributed by atoms with van der Waals surface area (Å²) in [6.07, 6.45) is 0. The van der Waals surface area contributed by atoms with E-state index in [0.717, 1.165) is 11.3 Å². The Bertz CT molecular complexity index is 705. The Morgan fingerprint density at radius 1 is 1.29 bits per heavy atom. The molecule has 5 heteroatoms. The number of hydrogen-bond acceptors (Lipinski definition) is 3. The number of rotatable bonds is 4. The van der Waals surface area contributed by atoms with Gasteiger partial charge in [0.05, 0.1) is 27.9 Å². The van der Waals surface area contributed by atoms with E-state index in [2.05, 4.69) is 0 Å². The van der Waals surface area contributed by atoms with E-state index in [1.807, 2.05) is 18.0 Å². The van der Waals surface area contributed by atoms with E-state index in [9.17, 15) is 4.79 Å². The van der Waals surface area contributed by atoms with Gasteiger partial charge in [0, 0.05) is 13.6 Å². The Kier molecular flexibility index (Phi) is 4.46. The fourth-order valence-corrected chi connectivity index (χ4v) is 2.32. The Labute approximate surface area is 127 Å². The van der Waals surface area contributed by atoms with Gasteiger partial charge in [-0.2, -0.15) is 5.26 Å². The second-order valence-corrected chi connectivity index (χ2v) is 5.04. The minimum atomic E-state index is -0.940. The molecule has 0 fully saturated rings. The van der Waals surface area contributed by atoms with E-state index in [-0.39, 0.29) is 5.56 Å². The van der Waals surface area contributed by atoms with Crippen LogP contribution >= 0.6 is 11.6 Å². The van der Waals surface area contributed by atoms with Gasteiger partial charge in [0.1, 0.15) is 0 Å². The van der Waals surface area contributed by atoms with Crippen molar-refractivity contribution in [1.29, 1.82) is 5.26 Å². The molecule has 0 radical (unpaired) electrons. The number of nitrogens with zero attached hydrogens (tertiary/aromatic N) is 2. The first-order valence-electron chi connectivity index (χ1n) is 6.24. The fraction of sp³-hybridized carbons (Fsp3) is 0.125. The Hall–Kier alpha value is -2.51. The standard InChI is InChI=1S/C16H13ClN2O2/c1-19(15-7-4-12(9-18)8-14(15)17)10-11-2-5-13(6-3-11)16(20)21/h2-8H,10H2,1H3,(H,20,21). The molecule has 4 nitrogen and oxygen atoms in total. The van der Waals surface area contributed by atoms with Crippen molar-refractivity contribution in [3.63, 3.8) is 0 Å². The van der Waals surface area contributed by atoms with E-state index >= 15 is 0 Å². The van der Waals surface area contributed by atoms with Crippen LogP contribution in [-0.4, -0.2) is 18.1 Å². The monoisotopic (exact) mass is 300 g/mol. The highest BCUT2D eigenvalue weighted by atomic mass is 35.5. The van der Waals surface area contributed by atoms with Crippen LogP contribution in [-0.2, 0) is 6.54 Å². The third-order valence-corrected chi connectivity index (χ3v) is 3.41.